The maximum absolute atomic E-state index is 8.54. The van der Waals surface area contributed by atoms with E-state index in [-0.39, 0.29) is 0 Å². The summed E-state index contributed by atoms with van der Waals surface area (Å²) in [6.07, 6.45) is 1.16. The molecular weight excluding hydrogens is 327 g/mol. The van der Waals surface area contributed by atoms with Crippen molar-refractivity contribution >= 4 is 51.2 Å². The predicted molar refractivity (Wildman–Crippen MR) is 70.7 cm³/mol. The molecule has 17 heavy (non-hydrogen) atoms. The molecule has 0 amide bonds. The molecular formula is C10H5BrCl2N4. The van der Waals surface area contributed by atoms with E-state index in [0.29, 0.717) is 10.7 Å². The van der Waals surface area contributed by atoms with E-state index in [2.05, 4.69) is 21.0 Å². The number of anilines is 1. The molecule has 1 rings (SSSR count). The lowest BCUT2D eigenvalue weighted by Gasteiger charge is -2.09. The van der Waals surface area contributed by atoms with Crippen LogP contribution in [0.15, 0.2) is 27.8 Å². The molecule has 0 radical (unpaired) electrons. The van der Waals surface area contributed by atoms with Gasteiger partial charge in [0.05, 0.1) is 29.1 Å². The van der Waals surface area contributed by atoms with E-state index in [1.807, 2.05) is 0 Å². The van der Waals surface area contributed by atoms with Gasteiger partial charge in [-0.2, -0.15) is 20.2 Å². The Morgan fingerprint density at radius 1 is 1.41 bits per heavy atom. The molecule has 0 aliphatic rings. The average molecular weight is 332 g/mol. The number of hydrogen-bond donors (Lipinski definition) is 0. The Morgan fingerprint density at radius 2 is 2.06 bits per heavy atom. The number of nitriles is 2. The fourth-order valence-electron chi connectivity index (χ4n) is 0.887. The van der Waals surface area contributed by atoms with E-state index in [1.165, 1.54) is 0 Å². The van der Waals surface area contributed by atoms with Crippen molar-refractivity contribution in [1.82, 2.24) is 0 Å². The summed E-state index contributed by atoms with van der Waals surface area (Å²) in [5.74, 6) is -0.929. The van der Waals surface area contributed by atoms with Gasteiger partial charge in [0, 0.05) is 16.2 Å². The van der Waals surface area contributed by atoms with Crippen molar-refractivity contribution in [2.24, 2.45) is 11.0 Å². The molecule has 4 nitrogen and oxygen atoms in total. The zero-order valence-corrected chi connectivity index (χ0v) is 11.4. The van der Waals surface area contributed by atoms with Crippen LogP contribution in [0.1, 0.15) is 0 Å². The monoisotopic (exact) mass is 330 g/mol. The van der Waals surface area contributed by atoms with E-state index < -0.39 is 5.92 Å². The molecule has 0 heterocycles. The number of benzene rings is 1. The first-order valence-electron chi connectivity index (χ1n) is 4.32. The van der Waals surface area contributed by atoms with E-state index in [0.717, 1.165) is 15.2 Å². The summed E-state index contributed by atoms with van der Waals surface area (Å²) >= 11 is 15.0. The van der Waals surface area contributed by atoms with Crippen LogP contribution in [0, 0.1) is 28.6 Å². The van der Waals surface area contributed by atoms with Crippen molar-refractivity contribution in [3.8, 4) is 12.1 Å². The number of halogens is 3. The number of hydrogen-bond acceptors (Lipinski definition) is 4. The standard InChI is InChI=1S/C10H5BrCl2N4/c11-9-2-1-8(3-10(9)12)17(13)16-6-7(4-14)5-15/h1-3,6-7H. The largest absolute Gasteiger partial charge is 0.196 e. The highest BCUT2D eigenvalue weighted by atomic mass is 79.9. The average Bonchev–Trinajstić information content (AvgIpc) is 2.33. The third-order valence-corrected chi connectivity index (χ3v) is 3.23. The normalized spacial score (nSPS) is 10.2. The SMILES string of the molecule is N#CC(C#N)C=NN(Cl)c1ccc(Br)c(Cl)c1. The van der Waals surface area contributed by atoms with Gasteiger partial charge >= 0.3 is 0 Å². The third kappa shape index (κ3) is 3.90. The lowest BCUT2D eigenvalue weighted by atomic mass is 10.2. The zero-order chi connectivity index (χ0) is 12.8. The Kier molecular flexibility index (Phi) is 5.24. The van der Waals surface area contributed by atoms with Gasteiger partial charge in [-0.3, -0.25) is 0 Å². The molecule has 0 unspecified atom stereocenters. The minimum Gasteiger partial charge on any atom is -0.196 e. The van der Waals surface area contributed by atoms with Gasteiger partial charge in [0.2, 0.25) is 0 Å². The molecule has 7 heteroatoms. The maximum atomic E-state index is 8.54. The molecule has 1 aromatic carbocycles. The number of nitrogens with zero attached hydrogens (tertiary/aromatic N) is 4. The lowest BCUT2D eigenvalue weighted by molar-refractivity contribution is 1.12. The third-order valence-electron chi connectivity index (χ3n) is 1.71. The maximum Gasteiger partial charge on any atom is 0.170 e. The zero-order valence-electron chi connectivity index (χ0n) is 8.31. The minimum atomic E-state index is -0.929. The Morgan fingerprint density at radius 3 is 2.59 bits per heavy atom. The van der Waals surface area contributed by atoms with Crippen LogP contribution in [0.2, 0.25) is 5.02 Å². The summed E-state index contributed by atoms with van der Waals surface area (Å²) in [6, 6.07) is 8.51. The molecule has 0 aliphatic carbocycles. The van der Waals surface area contributed by atoms with Crippen LogP contribution in [0.3, 0.4) is 0 Å². The van der Waals surface area contributed by atoms with E-state index in [9.17, 15) is 0 Å². The Balaban J connectivity index is 2.84. The van der Waals surface area contributed by atoms with Crippen LogP contribution in [-0.4, -0.2) is 6.21 Å². The van der Waals surface area contributed by atoms with Gasteiger partial charge in [0.15, 0.2) is 5.92 Å². The summed E-state index contributed by atoms with van der Waals surface area (Å²) in [7, 11) is 0. The second-order valence-corrected chi connectivity index (χ2v) is 4.44. The van der Waals surface area contributed by atoms with Crippen LogP contribution < -0.4 is 4.53 Å². The van der Waals surface area contributed by atoms with Crippen molar-refractivity contribution < 1.29 is 0 Å². The molecule has 0 aromatic heterocycles. The highest BCUT2D eigenvalue weighted by molar-refractivity contribution is 9.10. The molecule has 0 aliphatic heterocycles. The van der Waals surface area contributed by atoms with Crippen LogP contribution in [0.4, 0.5) is 5.69 Å². The van der Waals surface area contributed by atoms with E-state index in [4.69, 9.17) is 33.9 Å². The van der Waals surface area contributed by atoms with E-state index in [1.54, 1.807) is 30.3 Å². The van der Waals surface area contributed by atoms with Gasteiger partial charge in [-0.15, -0.1) is 0 Å². The Hall–Kier alpha value is -1.27. The highest BCUT2D eigenvalue weighted by Gasteiger charge is 2.06. The Labute approximate surface area is 117 Å². The van der Waals surface area contributed by atoms with Crippen molar-refractivity contribution in [2.45, 2.75) is 0 Å². The molecule has 0 atom stereocenters. The van der Waals surface area contributed by atoms with Crippen molar-refractivity contribution in [2.75, 3.05) is 4.53 Å². The van der Waals surface area contributed by atoms with Crippen LogP contribution in [0.5, 0.6) is 0 Å². The summed E-state index contributed by atoms with van der Waals surface area (Å²) in [5.41, 5.74) is 0.533. The van der Waals surface area contributed by atoms with Crippen LogP contribution in [-0.2, 0) is 0 Å². The summed E-state index contributed by atoms with van der Waals surface area (Å²) in [6.45, 7) is 0. The first-order chi connectivity index (χ1) is 8.08. The van der Waals surface area contributed by atoms with Crippen LogP contribution in [0.25, 0.3) is 0 Å². The van der Waals surface area contributed by atoms with E-state index >= 15 is 0 Å². The molecule has 0 fully saturated rings. The highest BCUT2D eigenvalue weighted by Crippen LogP contribution is 2.28. The first kappa shape index (κ1) is 13.8. The van der Waals surface area contributed by atoms with Gasteiger partial charge in [-0.05, 0) is 34.1 Å². The number of hydrazone groups is 1. The fourth-order valence-corrected chi connectivity index (χ4v) is 1.46. The Bertz CT molecular complexity index is 504. The predicted octanol–water partition coefficient (Wildman–Crippen LogP) is 3.71. The number of rotatable bonds is 3. The van der Waals surface area contributed by atoms with Gasteiger partial charge in [0.1, 0.15) is 0 Å². The fraction of sp³-hybridized carbons (Fsp3) is 0.100. The second-order valence-electron chi connectivity index (χ2n) is 2.86. The van der Waals surface area contributed by atoms with Gasteiger partial charge < -0.3 is 0 Å². The molecule has 0 spiro atoms. The molecule has 0 bridgehead atoms. The molecule has 0 saturated heterocycles. The smallest absolute Gasteiger partial charge is 0.170 e. The molecule has 0 saturated carbocycles. The van der Waals surface area contributed by atoms with Gasteiger partial charge in [-0.25, -0.2) is 0 Å². The van der Waals surface area contributed by atoms with Crippen molar-refractivity contribution in [3.63, 3.8) is 0 Å². The summed E-state index contributed by atoms with van der Waals surface area (Å²) < 4.78 is 1.75. The van der Waals surface area contributed by atoms with Gasteiger partial charge in [0.25, 0.3) is 0 Å². The topological polar surface area (TPSA) is 63.2 Å². The van der Waals surface area contributed by atoms with Gasteiger partial charge in [-0.1, -0.05) is 11.6 Å². The lowest BCUT2D eigenvalue weighted by Crippen LogP contribution is -2.04. The quantitative estimate of drug-likeness (QED) is 0.482. The molecule has 1 aromatic rings. The second kappa shape index (κ2) is 6.46. The summed E-state index contributed by atoms with van der Waals surface area (Å²) in [5, 5.41) is 21.3. The van der Waals surface area contributed by atoms with Crippen molar-refractivity contribution in [1.29, 1.82) is 10.5 Å². The van der Waals surface area contributed by atoms with Crippen LogP contribution >= 0.6 is 39.3 Å². The minimum absolute atomic E-state index is 0.487. The molecule has 86 valence electrons. The first-order valence-corrected chi connectivity index (χ1v) is 5.83. The summed E-state index contributed by atoms with van der Waals surface area (Å²) in [4.78, 5) is 0. The van der Waals surface area contributed by atoms with Crippen molar-refractivity contribution in [3.05, 3.63) is 27.7 Å². The molecule has 0 N–H and O–H groups in total.